The number of aliphatic carboxylic acids is 1. The number of hydrogen-bond acceptors (Lipinski definition) is 5. The van der Waals surface area contributed by atoms with Gasteiger partial charge in [0.05, 0.1) is 10.2 Å². The van der Waals surface area contributed by atoms with Crippen molar-refractivity contribution >= 4 is 29.3 Å². The van der Waals surface area contributed by atoms with Crippen LogP contribution in [0.25, 0.3) is 0 Å². The predicted octanol–water partition coefficient (Wildman–Crippen LogP) is 2.30. The number of carboxylic acids is 1. The number of thioether (sulfide) groups is 1. The molecule has 0 saturated carbocycles. The van der Waals surface area contributed by atoms with Gasteiger partial charge in [-0.15, -0.1) is 11.8 Å². The standard InChI is InChI=1S/C13H14F2N2O5S/c1-7(12(18)16-10(13(19)20)6-11(14)15)23-9-4-2-8(3-5-9)17(21)22/h2-5,7,10-11H,6H2,1H3,(H,16,18)(H,19,20). The molecule has 1 aromatic rings. The van der Waals surface area contributed by atoms with Crippen LogP contribution in [-0.2, 0) is 9.59 Å². The van der Waals surface area contributed by atoms with Gasteiger partial charge >= 0.3 is 5.97 Å². The van der Waals surface area contributed by atoms with E-state index in [4.69, 9.17) is 5.11 Å². The Bertz CT molecular complexity index is 582. The van der Waals surface area contributed by atoms with Gasteiger partial charge in [-0.2, -0.15) is 0 Å². The average molecular weight is 348 g/mol. The number of nitrogens with one attached hydrogen (secondary N) is 1. The van der Waals surface area contributed by atoms with E-state index in [0.717, 1.165) is 11.8 Å². The Labute approximate surface area is 134 Å². The van der Waals surface area contributed by atoms with Gasteiger partial charge in [-0.1, -0.05) is 0 Å². The fourth-order valence-corrected chi connectivity index (χ4v) is 2.47. The monoisotopic (exact) mass is 348 g/mol. The number of non-ortho nitro benzene ring substituents is 1. The van der Waals surface area contributed by atoms with Crippen LogP contribution in [0.4, 0.5) is 14.5 Å². The van der Waals surface area contributed by atoms with Crippen molar-refractivity contribution in [3.63, 3.8) is 0 Å². The van der Waals surface area contributed by atoms with Gasteiger partial charge in [0.25, 0.3) is 5.69 Å². The van der Waals surface area contributed by atoms with E-state index in [-0.39, 0.29) is 5.69 Å². The van der Waals surface area contributed by atoms with Gasteiger partial charge in [0.1, 0.15) is 6.04 Å². The van der Waals surface area contributed by atoms with E-state index in [2.05, 4.69) is 0 Å². The summed E-state index contributed by atoms with van der Waals surface area (Å²) in [6.07, 6.45) is -3.83. The molecule has 1 aromatic carbocycles. The van der Waals surface area contributed by atoms with Crippen LogP contribution >= 0.6 is 11.8 Å². The number of halogens is 2. The van der Waals surface area contributed by atoms with Gasteiger partial charge in [-0.25, -0.2) is 13.6 Å². The first-order chi connectivity index (χ1) is 10.7. The topological polar surface area (TPSA) is 110 Å². The van der Waals surface area contributed by atoms with E-state index in [1.54, 1.807) is 0 Å². The Kier molecular flexibility index (Phi) is 6.89. The Morgan fingerprint density at radius 3 is 2.35 bits per heavy atom. The summed E-state index contributed by atoms with van der Waals surface area (Å²) in [7, 11) is 0. The number of carbonyl (C=O) groups excluding carboxylic acids is 1. The molecule has 7 nitrogen and oxygen atoms in total. The van der Waals surface area contributed by atoms with E-state index in [1.807, 2.05) is 5.32 Å². The molecule has 0 saturated heterocycles. The summed E-state index contributed by atoms with van der Waals surface area (Å²) in [6.45, 7) is 1.47. The fraction of sp³-hybridized carbons (Fsp3) is 0.385. The molecular weight excluding hydrogens is 334 g/mol. The minimum atomic E-state index is -2.85. The molecular formula is C13H14F2N2O5S. The first kappa shape index (κ1) is 18.8. The molecule has 2 atom stereocenters. The summed E-state index contributed by atoms with van der Waals surface area (Å²) in [5, 5.41) is 20.6. The molecule has 0 aliphatic carbocycles. The van der Waals surface area contributed by atoms with Crippen molar-refractivity contribution in [2.24, 2.45) is 0 Å². The van der Waals surface area contributed by atoms with Crippen molar-refractivity contribution in [2.45, 2.75) is 36.0 Å². The number of carbonyl (C=O) groups is 2. The zero-order valence-corrected chi connectivity index (χ0v) is 12.8. The third-order valence-corrected chi connectivity index (χ3v) is 3.87. The summed E-state index contributed by atoms with van der Waals surface area (Å²) in [5.41, 5.74) is -0.102. The zero-order chi connectivity index (χ0) is 17.6. The van der Waals surface area contributed by atoms with E-state index in [0.29, 0.717) is 4.90 Å². The quantitative estimate of drug-likeness (QED) is 0.424. The predicted molar refractivity (Wildman–Crippen MR) is 78.6 cm³/mol. The summed E-state index contributed by atoms with van der Waals surface area (Å²) in [4.78, 5) is 33.2. The van der Waals surface area contributed by atoms with Crippen LogP contribution in [0.2, 0.25) is 0 Å². The molecule has 0 fully saturated rings. The van der Waals surface area contributed by atoms with Gasteiger partial charge in [0.15, 0.2) is 0 Å². The van der Waals surface area contributed by atoms with E-state index in [9.17, 15) is 28.5 Å². The highest BCUT2D eigenvalue weighted by Gasteiger charge is 2.26. The Morgan fingerprint density at radius 1 is 1.35 bits per heavy atom. The molecule has 126 valence electrons. The smallest absolute Gasteiger partial charge is 0.326 e. The van der Waals surface area contributed by atoms with Crippen molar-refractivity contribution in [3.05, 3.63) is 34.4 Å². The first-order valence-corrected chi connectivity index (χ1v) is 7.31. The number of nitro groups is 1. The summed E-state index contributed by atoms with van der Waals surface area (Å²) >= 11 is 1.03. The molecule has 10 heteroatoms. The van der Waals surface area contributed by atoms with Crippen molar-refractivity contribution in [1.29, 1.82) is 0 Å². The number of nitro benzene ring substituents is 1. The summed E-state index contributed by atoms with van der Waals surface area (Å²) < 4.78 is 24.5. The molecule has 0 heterocycles. The minimum Gasteiger partial charge on any atom is -0.480 e. The van der Waals surface area contributed by atoms with E-state index >= 15 is 0 Å². The van der Waals surface area contributed by atoms with Crippen molar-refractivity contribution in [3.8, 4) is 0 Å². The highest BCUT2D eigenvalue weighted by atomic mass is 32.2. The number of alkyl halides is 2. The average Bonchev–Trinajstić information content (AvgIpc) is 2.46. The van der Waals surface area contributed by atoms with Gasteiger partial charge in [-0.05, 0) is 19.1 Å². The highest BCUT2D eigenvalue weighted by Crippen LogP contribution is 2.25. The third kappa shape index (κ3) is 6.19. The Hall–Kier alpha value is -2.23. The molecule has 2 unspecified atom stereocenters. The molecule has 0 aliphatic rings. The van der Waals surface area contributed by atoms with Crippen LogP contribution < -0.4 is 5.32 Å². The van der Waals surface area contributed by atoms with Crippen LogP contribution in [-0.4, -0.2) is 39.6 Å². The molecule has 0 bridgehead atoms. The largest absolute Gasteiger partial charge is 0.480 e. The lowest BCUT2D eigenvalue weighted by atomic mass is 10.2. The maximum atomic E-state index is 12.3. The lowest BCUT2D eigenvalue weighted by Crippen LogP contribution is -2.44. The number of rotatable bonds is 8. The SMILES string of the molecule is CC(Sc1ccc([N+](=O)[O-])cc1)C(=O)NC(CC(F)F)C(=O)O. The Balaban J connectivity index is 2.65. The number of carboxylic acid groups (broad SMARTS) is 1. The molecule has 0 radical (unpaired) electrons. The zero-order valence-electron chi connectivity index (χ0n) is 11.9. The number of benzene rings is 1. The first-order valence-electron chi connectivity index (χ1n) is 6.43. The van der Waals surface area contributed by atoms with Gasteiger partial charge < -0.3 is 10.4 Å². The van der Waals surface area contributed by atoms with Crippen LogP contribution in [0.3, 0.4) is 0 Å². The fourth-order valence-electron chi connectivity index (χ4n) is 1.59. The van der Waals surface area contributed by atoms with Crippen LogP contribution in [0.1, 0.15) is 13.3 Å². The van der Waals surface area contributed by atoms with Crippen LogP contribution in [0.15, 0.2) is 29.2 Å². The molecule has 0 aromatic heterocycles. The second-order valence-corrected chi connectivity index (χ2v) is 5.95. The van der Waals surface area contributed by atoms with Crippen molar-refractivity contribution in [2.75, 3.05) is 0 Å². The van der Waals surface area contributed by atoms with Gasteiger partial charge in [-0.3, -0.25) is 14.9 Å². The van der Waals surface area contributed by atoms with E-state index in [1.165, 1.54) is 31.2 Å². The molecule has 0 aliphatic heterocycles. The maximum absolute atomic E-state index is 12.3. The van der Waals surface area contributed by atoms with Gasteiger partial charge in [0, 0.05) is 23.4 Å². The second-order valence-electron chi connectivity index (χ2n) is 4.54. The van der Waals surface area contributed by atoms with Crippen LogP contribution in [0.5, 0.6) is 0 Å². The number of hydrogen-bond donors (Lipinski definition) is 2. The lowest BCUT2D eigenvalue weighted by molar-refractivity contribution is -0.384. The van der Waals surface area contributed by atoms with Crippen molar-refractivity contribution in [1.82, 2.24) is 5.32 Å². The maximum Gasteiger partial charge on any atom is 0.326 e. The molecule has 0 spiro atoms. The molecule has 23 heavy (non-hydrogen) atoms. The molecule has 1 rings (SSSR count). The Morgan fingerprint density at radius 2 is 1.91 bits per heavy atom. The van der Waals surface area contributed by atoms with Gasteiger partial charge in [0.2, 0.25) is 12.3 Å². The highest BCUT2D eigenvalue weighted by molar-refractivity contribution is 8.00. The lowest BCUT2D eigenvalue weighted by Gasteiger charge is -2.17. The molecule has 1 amide bonds. The second kappa shape index (κ2) is 8.42. The molecule has 2 N–H and O–H groups in total. The van der Waals surface area contributed by atoms with Crippen molar-refractivity contribution < 1.29 is 28.4 Å². The van der Waals surface area contributed by atoms with Crippen LogP contribution in [0, 0.1) is 10.1 Å². The van der Waals surface area contributed by atoms with E-state index < -0.39 is 40.9 Å². The minimum absolute atomic E-state index is 0.102. The normalized spacial score (nSPS) is 13.4. The summed E-state index contributed by atoms with van der Waals surface area (Å²) in [6, 6.07) is 3.76. The number of amides is 1. The summed E-state index contributed by atoms with van der Waals surface area (Å²) in [5.74, 6) is -2.24. The number of nitrogens with zero attached hydrogens (tertiary/aromatic N) is 1. The third-order valence-electron chi connectivity index (χ3n) is 2.76.